The number of rotatable bonds is 2. The van der Waals surface area contributed by atoms with E-state index in [1.165, 1.54) is 36.9 Å². The van der Waals surface area contributed by atoms with Gasteiger partial charge in [0, 0.05) is 17.9 Å². The molecule has 2 aromatic heterocycles. The van der Waals surface area contributed by atoms with Crippen molar-refractivity contribution in [1.82, 2.24) is 19.9 Å². The molecule has 0 bridgehead atoms. The Morgan fingerprint density at radius 3 is 2.88 bits per heavy atom. The summed E-state index contributed by atoms with van der Waals surface area (Å²) in [5.41, 5.74) is 3.81. The summed E-state index contributed by atoms with van der Waals surface area (Å²) in [5.74, 6) is 1.16. The molecule has 0 aromatic carbocycles. The molecule has 5 heteroatoms. The molecule has 0 aliphatic heterocycles. The Balaban J connectivity index is 1.61. The summed E-state index contributed by atoms with van der Waals surface area (Å²) < 4.78 is 1.89. The first kappa shape index (κ1) is 15.6. The number of fused-ring (bicyclic) bond motifs is 3. The van der Waals surface area contributed by atoms with Crippen LogP contribution in [-0.4, -0.2) is 26.5 Å². The number of nitrogens with zero attached hydrogens (tertiary/aromatic N) is 3. The van der Waals surface area contributed by atoms with Crippen molar-refractivity contribution < 1.29 is 4.79 Å². The molecule has 0 radical (unpaired) electrons. The van der Waals surface area contributed by atoms with E-state index < -0.39 is 0 Å². The van der Waals surface area contributed by atoms with E-state index in [1.807, 2.05) is 10.7 Å². The van der Waals surface area contributed by atoms with Crippen LogP contribution in [-0.2, 0) is 12.8 Å². The summed E-state index contributed by atoms with van der Waals surface area (Å²) in [6.07, 6.45) is 11.6. The minimum atomic E-state index is -0.0285. The molecular formula is C19H26N4O. The van der Waals surface area contributed by atoms with Gasteiger partial charge in [-0.1, -0.05) is 26.7 Å². The number of hydrogen-bond donors (Lipinski definition) is 1. The molecular weight excluding hydrogens is 300 g/mol. The highest BCUT2D eigenvalue weighted by atomic mass is 16.1. The van der Waals surface area contributed by atoms with Crippen molar-refractivity contribution in [1.29, 1.82) is 0 Å². The minimum Gasteiger partial charge on any atom is -0.349 e. The molecule has 2 aliphatic rings. The van der Waals surface area contributed by atoms with Gasteiger partial charge < -0.3 is 5.32 Å². The largest absolute Gasteiger partial charge is 0.349 e. The Morgan fingerprint density at radius 2 is 2.00 bits per heavy atom. The highest BCUT2D eigenvalue weighted by Crippen LogP contribution is 2.30. The molecule has 24 heavy (non-hydrogen) atoms. The van der Waals surface area contributed by atoms with E-state index in [-0.39, 0.29) is 11.9 Å². The second kappa shape index (κ2) is 6.19. The van der Waals surface area contributed by atoms with Crippen LogP contribution >= 0.6 is 0 Å². The second-order valence-electron chi connectivity index (χ2n) is 7.58. The molecule has 0 unspecified atom stereocenters. The van der Waals surface area contributed by atoms with E-state index in [0.29, 0.717) is 23.0 Å². The standard InChI is InChI=1S/C19H26N4O/c1-12-6-5-8-16(13(12)2)22-19(24)15-11-21-23-17-9-4-3-7-14(17)10-20-18(15)23/h10-13,16H,3-9H2,1-2H3,(H,22,24)/t12-,13-,16-/m1/s1. The van der Waals surface area contributed by atoms with Crippen LogP contribution in [0.3, 0.4) is 0 Å². The predicted octanol–water partition coefficient (Wildman–Crippen LogP) is 3.16. The van der Waals surface area contributed by atoms with E-state index in [9.17, 15) is 4.79 Å². The second-order valence-corrected chi connectivity index (χ2v) is 7.58. The summed E-state index contributed by atoms with van der Waals surface area (Å²) >= 11 is 0. The number of carbonyl (C=O) groups is 1. The fourth-order valence-corrected chi connectivity index (χ4v) is 4.29. The van der Waals surface area contributed by atoms with Crippen LogP contribution in [0.4, 0.5) is 0 Å². The van der Waals surface area contributed by atoms with Gasteiger partial charge in [-0.25, -0.2) is 9.50 Å². The molecule has 1 amide bonds. The van der Waals surface area contributed by atoms with E-state index >= 15 is 0 Å². The summed E-state index contributed by atoms with van der Waals surface area (Å²) in [4.78, 5) is 17.3. The lowest BCUT2D eigenvalue weighted by Gasteiger charge is -2.34. The average molecular weight is 326 g/mol. The quantitative estimate of drug-likeness (QED) is 0.922. The Bertz CT molecular complexity index is 766. The lowest BCUT2D eigenvalue weighted by atomic mass is 9.78. The van der Waals surface area contributed by atoms with Crippen LogP contribution < -0.4 is 5.32 Å². The zero-order valence-electron chi connectivity index (χ0n) is 14.6. The normalized spacial score (nSPS) is 27.0. The number of aryl methyl sites for hydroxylation is 2. The molecule has 4 rings (SSSR count). The Kier molecular flexibility index (Phi) is 4.02. The summed E-state index contributed by atoms with van der Waals surface area (Å²) in [6, 6.07) is 0.258. The van der Waals surface area contributed by atoms with Crippen molar-refractivity contribution in [2.45, 2.75) is 64.8 Å². The topological polar surface area (TPSA) is 59.3 Å². The number of amides is 1. The highest BCUT2D eigenvalue weighted by molar-refractivity contribution is 5.99. The molecule has 2 aliphatic carbocycles. The van der Waals surface area contributed by atoms with Gasteiger partial charge in [-0.2, -0.15) is 5.10 Å². The molecule has 128 valence electrons. The Morgan fingerprint density at radius 1 is 1.17 bits per heavy atom. The van der Waals surface area contributed by atoms with Crippen LogP contribution in [0, 0.1) is 11.8 Å². The van der Waals surface area contributed by atoms with Crippen molar-refractivity contribution in [2.24, 2.45) is 11.8 Å². The van der Waals surface area contributed by atoms with Gasteiger partial charge >= 0.3 is 0 Å². The van der Waals surface area contributed by atoms with Crippen molar-refractivity contribution in [2.75, 3.05) is 0 Å². The van der Waals surface area contributed by atoms with E-state index in [4.69, 9.17) is 0 Å². The SMILES string of the molecule is C[C@@H]1[C@H](C)CCC[C@H]1NC(=O)c1cnn2c3c(cnc12)CCCC3. The van der Waals surface area contributed by atoms with Gasteiger partial charge in [-0.3, -0.25) is 4.79 Å². The molecule has 1 N–H and O–H groups in total. The average Bonchev–Trinajstić information content (AvgIpc) is 3.03. The fourth-order valence-electron chi connectivity index (χ4n) is 4.29. The van der Waals surface area contributed by atoms with E-state index in [0.717, 1.165) is 19.3 Å². The molecule has 0 spiro atoms. The zero-order valence-corrected chi connectivity index (χ0v) is 14.6. The first-order valence-corrected chi connectivity index (χ1v) is 9.30. The first-order chi connectivity index (χ1) is 11.6. The molecule has 2 aromatic rings. The summed E-state index contributed by atoms with van der Waals surface area (Å²) in [5, 5.41) is 7.71. The Hall–Kier alpha value is -1.91. The third-order valence-electron chi connectivity index (χ3n) is 6.09. The molecule has 1 saturated carbocycles. The third-order valence-corrected chi connectivity index (χ3v) is 6.09. The van der Waals surface area contributed by atoms with Crippen molar-refractivity contribution in [3.8, 4) is 0 Å². The summed E-state index contributed by atoms with van der Waals surface area (Å²) in [7, 11) is 0. The highest BCUT2D eigenvalue weighted by Gasteiger charge is 2.29. The van der Waals surface area contributed by atoms with Crippen LogP contribution in [0.15, 0.2) is 12.4 Å². The van der Waals surface area contributed by atoms with Crippen LogP contribution in [0.2, 0.25) is 0 Å². The third kappa shape index (κ3) is 2.60. The fraction of sp³-hybridized carbons (Fsp3) is 0.632. The molecule has 2 heterocycles. The van der Waals surface area contributed by atoms with Crippen molar-refractivity contribution in [3.05, 3.63) is 29.2 Å². The minimum absolute atomic E-state index is 0.0285. The predicted molar refractivity (Wildman–Crippen MR) is 93.1 cm³/mol. The van der Waals surface area contributed by atoms with Crippen LogP contribution in [0.25, 0.3) is 5.65 Å². The summed E-state index contributed by atoms with van der Waals surface area (Å²) in [6.45, 7) is 4.53. The lowest BCUT2D eigenvalue weighted by molar-refractivity contribution is 0.0892. The van der Waals surface area contributed by atoms with Crippen LogP contribution in [0.5, 0.6) is 0 Å². The monoisotopic (exact) mass is 326 g/mol. The van der Waals surface area contributed by atoms with Gasteiger partial charge in [0.2, 0.25) is 0 Å². The Labute approximate surface area is 142 Å². The molecule has 5 nitrogen and oxygen atoms in total. The van der Waals surface area contributed by atoms with Crippen LogP contribution in [0.1, 0.15) is 67.6 Å². The molecule has 1 fully saturated rings. The molecule has 0 saturated heterocycles. The lowest BCUT2D eigenvalue weighted by Crippen LogP contribution is -2.43. The smallest absolute Gasteiger partial charge is 0.256 e. The maximum absolute atomic E-state index is 12.8. The van der Waals surface area contributed by atoms with Gasteiger partial charge in [0.25, 0.3) is 5.91 Å². The first-order valence-electron chi connectivity index (χ1n) is 9.30. The maximum Gasteiger partial charge on any atom is 0.256 e. The maximum atomic E-state index is 12.8. The van der Waals surface area contributed by atoms with Gasteiger partial charge in [0.15, 0.2) is 5.65 Å². The number of aromatic nitrogens is 3. The number of hydrogen-bond acceptors (Lipinski definition) is 3. The van der Waals surface area contributed by atoms with Gasteiger partial charge in [-0.05, 0) is 49.5 Å². The number of nitrogens with one attached hydrogen (secondary N) is 1. The van der Waals surface area contributed by atoms with Crippen molar-refractivity contribution >= 4 is 11.6 Å². The van der Waals surface area contributed by atoms with Crippen molar-refractivity contribution in [3.63, 3.8) is 0 Å². The molecule has 3 atom stereocenters. The number of carbonyl (C=O) groups excluding carboxylic acids is 1. The van der Waals surface area contributed by atoms with E-state index in [1.54, 1.807) is 6.20 Å². The zero-order chi connectivity index (χ0) is 16.7. The van der Waals surface area contributed by atoms with Gasteiger partial charge in [-0.15, -0.1) is 0 Å². The van der Waals surface area contributed by atoms with E-state index in [2.05, 4.69) is 29.2 Å². The van der Waals surface area contributed by atoms with Gasteiger partial charge in [0.05, 0.1) is 6.20 Å². The van der Waals surface area contributed by atoms with Gasteiger partial charge in [0.1, 0.15) is 5.56 Å².